The highest BCUT2D eigenvalue weighted by Gasteiger charge is 2.31. The van der Waals surface area contributed by atoms with E-state index < -0.39 is 30.1 Å². The average molecular weight is 430 g/mol. The number of halogens is 3. The number of nitrogens with one attached hydrogen (secondary N) is 1. The molecule has 1 N–H and O–H groups in total. The fraction of sp³-hybridized carbons (Fsp3) is 0.136. The summed E-state index contributed by atoms with van der Waals surface area (Å²) in [6.45, 7) is 1.37. The third-order valence-corrected chi connectivity index (χ3v) is 4.03. The van der Waals surface area contributed by atoms with E-state index in [1.54, 1.807) is 6.07 Å². The van der Waals surface area contributed by atoms with Crippen LogP contribution in [0.25, 0.3) is 17.0 Å². The highest BCUT2D eigenvalue weighted by atomic mass is 19.4. The van der Waals surface area contributed by atoms with Crippen molar-refractivity contribution in [3.8, 4) is 5.75 Å². The number of pyridine rings is 1. The van der Waals surface area contributed by atoms with E-state index in [9.17, 15) is 22.8 Å². The van der Waals surface area contributed by atoms with Crippen molar-refractivity contribution in [2.24, 2.45) is 0 Å². The Balaban J connectivity index is 1.53. The molecule has 1 amide bonds. The van der Waals surface area contributed by atoms with Crippen molar-refractivity contribution in [1.82, 2.24) is 4.98 Å². The maximum Gasteiger partial charge on any atom is 0.573 e. The minimum Gasteiger partial charge on any atom is -0.449 e. The van der Waals surface area contributed by atoms with Crippen LogP contribution in [0.15, 0.2) is 66.7 Å². The molecule has 1 unspecified atom stereocenters. The van der Waals surface area contributed by atoms with E-state index in [0.717, 1.165) is 29.1 Å². The van der Waals surface area contributed by atoms with Gasteiger partial charge >= 0.3 is 12.3 Å². The molecule has 0 saturated carbocycles. The third-order valence-electron chi connectivity index (χ3n) is 4.03. The van der Waals surface area contributed by atoms with E-state index >= 15 is 0 Å². The standard InChI is InChI=1S/C22H17F3N2O4/c1-14(21(29)27-17-8-11-18(12-9-17)31-22(23,24)25)30-20(28)13-10-16-7-6-15-4-2-3-5-19(15)26-16/h2-14H,1H3,(H,27,29)/b13-10+. The molecule has 0 spiro atoms. The van der Waals surface area contributed by atoms with E-state index in [-0.39, 0.29) is 5.69 Å². The quantitative estimate of drug-likeness (QED) is 0.453. The Morgan fingerprint density at radius 1 is 1.03 bits per heavy atom. The fourth-order valence-corrected chi connectivity index (χ4v) is 2.58. The number of alkyl halides is 3. The number of hydrogen-bond acceptors (Lipinski definition) is 5. The second kappa shape index (κ2) is 9.29. The first-order valence-corrected chi connectivity index (χ1v) is 9.11. The van der Waals surface area contributed by atoms with E-state index in [1.807, 2.05) is 30.3 Å². The first-order chi connectivity index (χ1) is 14.7. The molecule has 0 aliphatic rings. The van der Waals surface area contributed by atoms with Gasteiger partial charge in [0.25, 0.3) is 5.91 Å². The normalized spacial score (nSPS) is 12.5. The number of nitrogens with zero attached hydrogens (tertiary/aromatic N) is 1. The Morgan fingerprint density at radius 3 is 2.45 bits per heavy atom. The lowest BCUT2D eigenvalue weighted by atomic mass is 10.2. The van der Waals surface area contributed by atoms with Crippen LogP contribution in [0.5, 0.6) is 5.75 Å². The van der Waals surface area contributed by atoms with Gasteiger partial charge in [-0.15, -0.1) is 13.2 Å². The zero-order valence-electron chi connectivity index (χ0n) is 16.2. The van der Waals surface area contributed by atoms with Gasteiger partial charge in [0.15, 0.2) is 6.10 Å². The number of carbonyl (C=O) groups is 2. The van der Waals surface area contributed by atoms with Crippen LogP contribution in [-0.4, -0.2) is 29.3 Å². The highest BCUT2D eigenvalue weighted by Crippen LogP contribution is 2.24. The van der Waals surface area contributed by atoms with Crippen molar-refractivity contribution in [1.29, 1.82) is 0 Å². The molecule has 9 heteroatoms. The van der Waals surface area contributed by atoms with Gasteiger partial charge in [-0.3, -0.25) is 4.79 Å². The van der Waals surface area contributed by atoms with Crippen LogP contribution in [0, 0.1) is 0 Å². The van der Waals surface area contributed by atoms with Crippen LogP contribution in [-0.2, 0) is 14.3 Å². The largest absolute Gasteiger partial charge is 0.573 e. The molecule has 0 radical (unpaired) electrons. The summed E-state index contributed by atoms with van der Waals surface area (Å²) in [4.78, 5) is 28.5. The Kier molecular flexibility index (Phi) is 6.54. The van der Waals surface area contributed by atoms with Gasteiger partial charge in [0.2, 0.25) is 0 Å². The minimum atomic E-state index is -4.80. The number of ether oxygens (including phenoxy) is 2. The molecule has 0 saturated heterocycles. The molecule has 6 nitrogen and oxygen atoms in total. The lowest BCUT2D eigenvalue weighted by Gasteiger charge is -2.13. The van der Waals surface area contributed by atoms with Gasteiger partial charge < -0.3 is 14.8 Å². The van der Waals surface area contributed by atoms with Crippen molar-refractivity contribution in [3.63, 3.8) is 0 Å². The van der Waals surface area contributed by atoms with Gasteiger partial charge in [-0.25, -0.2) is 9.78 Å². The summed E-state index contributed by atoms with van der Waals surface area (Å²) >= 11 is 0. The maximum absolute atomic E-state index is 12.2. The van der Waals surface area contributed by atoms with Crippen molar-refractivity contribution in [3.05, 3.63) is 72.4 Å². The van der Waals surface area contributed by atoms with Gasteiger partial charge in [-0.1, -0.05) is 24.3 Å². The summed E-state index contributed by atoms with van der Waals surface area (Å²) in [5.74, 6) is -1.81. The smallest absolute Gasteiger partial charge is 0.449 e. The summed E-state index contributed by atoms with van der Waals surface area (Å²) < 4.78 is 45.3. The molecule has 1 aromatic heterocycles. The summed E-state index contributed by atoms with van der Waals surface area (Å²) in [5, 5.41) is 3.41. The van der Waals surface area contributed by atoms with Crippen molar-refractivity contribution in [2.75, 3.05) is 5.32 Å². The molecular weight excluding hydrogens is 413 g/mol. The highest BCUT2D eigenvalue weighted by molar-refractivity contribution is 5.96. The number of carbonyl (C=O) groups excluding carboxylic acids is 2. The van der Waals surface area contributed by atoms with Crippen molar-refractivity contribution in [2.45, 2.75) is 19.4 Å². The number of hydrogen-bond donors (Lipinski definition) is 1. The number of amides is 1. The van der Waals surface area contributed by atoms with Gasteiger partial charge in [-0.05, 0) is 49.4 Å². The van der Waals surface area contributed by atoms with Gasteiger partial charge in [0.05, 0.1) is 11.2 Å². The third kappa shape index (κ3) is 6.56. The summed E-state index contributed by atoms with van der Waals surface area (Å²) in [6.07, 6.45) is -3.31. The Morgan fingerprint density at radius 2 is 1.74 bits per heavy atom. The van der Waals surface area contributed by atoms with Crippen LogP contribution in [0.4, 0.5) is 18.9 Å². The van der Waals surface area contributed by atoms with Crippen LogP contribution in [0.2, 0.25) is 0 Å². The minimum absolute atomic E-state index is 0.221. The second-order valence-electron chi connectivity index (χ2n) is 6.40. The molecule has 1 atom stereocenters. The molecular formula is C22H17F3N2O4. The maximum atomic E-state index is 12.2. The average Bonchev–Trinajstić information content (AvgIpc) is 2.72. The Bertz CT molecular complexity index is 1110. The lowest BCUT2D eigenvalue weighted by Crippen LogP contribution is -2.29. The first-order valence-electron chi connectivity index (χ1n) is 9.11. The van der Waals surface area contributed by atoms with Crippen molar-refractivity contribution < 1.29 is 32.2 Å². The predicted octanol–water partition coefficient (Wildman–Crippen LogP) is 4.72. The molecule has 0 bridgehead atoms. The number of fused-ring (bicyclic) bond motifs is 1. The number of anilines is 1. The molecule has 31 heavy (non-hydrogen) atoms. The number of aromatic nitrogens is 1. The molecule has 3 aromatic rings. The molecule has 2 aromatic carbocycles. The monoisotopic (exact) mass is 430 g/mol. The zero-order valence-corrected chi connectivity index (χ0v) is 16.2. The molecule has 0 aliphatic carbocycles. The van der Waals surface area contributed by atoms with E-state index in [0.29, 0.717) is 5.69 Å². The Labute approximate surface area is 175 Å². The van der Waals surface area contributed by atoms with Crippen LogP contribution < -0.4 is 10.1 Å². The number of esters is 1. The van der Waals surface area contributed by atoms with Crippen LogP contribution >= 0.6 is 0 Å². The summed E-state index contributed by atoms with van der Waals surface area (Å²) in [7, 11) is 0. The number of rotatable bonds is 6. The van der Waals surface area contributed by atoms with E-state index in [1.165, 1.54) is 25.1 Å². The molecule has 160 valence electrons. The molecule has 0 aliphatic heterocycles. The fourth-order valence-electron chi connectivity index (χ4n) is 2.58. The van der Waals surface area contributed by atoms with Gasteiger partial charge in [-0.2, -0.15) is 0 Å². The van der Waals surface area contributed by atoms with Crippen molar-refractivity contribution >= 4 is 34.5 Å². The molecule has 0 fully saturated rings. The van der Waals surface area contributed by atoms with Crippen LogP contribution in [0.1, 0.15) is 12.6 Å². The number of para-hydroxylation sites is 1. The van der Waals surface area contributed by atoms with Gasteiger partial charge in [0.1, 0.15) is 5.75 Å². The zero-order chi connectivity index (χ0) is 22.4. The first kappa shape index (κ1) is 21.8. The second-order valence-corrected chi connectivity index (χ2v) is 6.40. The van der Waals surface area contributed by atoms with E-state index in [2.05, 4.69) is 15.0 Å². The molecule has 3 rings (SSSR count). The Hall–Kier alpha value is -3.88. The van der Waals surface area contributed by atoms with E-state index in [4.69, 9.17) is 4.74 Å². The number of benzene rings is 2. The summed E-state index contributed by atoms with van der Waals surface area (Å²) in [6, 6.07) is 15.7. The van der Waals surface area contributed by atoms with Crippen LogP contribution in [0.3, 0.4) is 0 Å². The molecule has 1 heterocycles. The van der Waals surface area contributed by atoms with Gasteiger partial charge in [0, 0.05) is 17.1 Å². The SMILES string of the molecule is CC(OC(=O)/C=C/c1ccc2ccccc2n1)C(=O)Nc1ccc(OC(F)(F)F)cc1. The summed E-state index contributed by atoms with van der Waals surface area (Å²) in [5.41, 5.74) is 1.55. The topological polar surface area (TPSA) is 77.5 Å². The predicted molar refractivity (Wildman–Crippen MR) is 108 cm³/mol. The lowest BCUT2D eigenvalue weighted by molar-refractivity contribution is -0.274.